The molecule has 0 atom stereocenters. The van der Waals surface area contributed by atoms with Gasteiger partial charge in [-0.15, -0.1) is 0 Å². The van der Waals surface area contributed by atoms with Gasteiger partial charge in [0, 0.05) is 0 Å². The molecular weight excluding hydrogens is 375 g/mol. The summed E-state index contributed by atoms with van der Waals surface area (Å²) in [5.41, 5.74) is 1.33. The standard InChI is InChI=1S/2C7H6NO.C6H4.Co.H2O/c2*8-5-6-3-1-2-4-7(6)9;1-2-4-6-5-3-1;;/h2*1-5,9H;1-4H;;1H2/q2*-1;;+2;. The molecule has 26 heavy (non-hydrogen) atoms. The van der Waals surface area contributed by atoms with Crippen LogP contribution in [0.3, 0.4) is 0 Å². The van der Waals surface area contributed by atoms with Crippen molar-refractivity contribution < 1.29 is 28.7 Å². The van der Waals surface area contributed by atoms with E-state index in [9.17, 15) is 10.2 Å². The van der Waals surface area contributed by atoms with Gasteiger partial charge in [0.05, 0.1) is 0 Å². The van der Waals surface area contributed by atoms with Gasteiger partial charge >= 0.3 is 148 Å². The molecule has 0 saturated carbocycles. The van der Waals surface area contributed by atoms with E-state index in [1.54, 1.807) is 36.7 Å². The first kappa shape index (κ1) is 17.9. The van der Waals surface area contributed by atoms with Crippen LogP contribution < -0.4 is 9.00 Å². The number of hydrogen-bond donors (Lipinski definition) is 2. The number of phenols is 2. The Balaban J connectivity index is 0.00000196. The Kier molecular flexibility index (Phi) is 4.90. The van der Waals surface area contributed by atoms with E-state index >= 15 is 0 Å². The topological polar surface area (TPSA) is 96.7 Å². The van der Waals surface area contributed by atoms with Crippen LogP contribution >= 0.6 is 0 Å². The van der Waals surface area contributed by atoms with E-state index in [4.69, 9.17) is 8.08 Å². The van der Waals surface area contributed by atoms with Crippen LogP contribution in [0, 0.1) is 0 Å². The van der Waals surface area contributed by atoms with Gasteiger partial charge in [-0.25, -0.2) is 0 Å². The van der Waals surface area contributed by atoms with Crippen LogP contribution in [0.1, 0.15) is 11.1 Å². The molecule has 135 valence electrons. The monoisotopic (exact) mass is 393 g/mol. The van der Waals surface area contributed by atoms with E-state index in [0.717, 1.165) is 9.00 Å². The first-order chi connectivity index (χ1) is 12.2. The molecule has 5 nitrogen and oxygen atoms in total. The molecule has 0 amide bonds. The van der Waals surface area contributed by atoms with Gasteiger partial charge in [0.1, 0.15) is 0 Å². The number of fused-ring (bicyclic) bond motifs is 1. The molecule has 0 saturated heterocycles. The number of rotatable bonds is 4. The second kappa shape index (κ2) is 7.13. The molecule has 0 aromatic heterocycles. The van der Waals surface area contributed by atoms with Crippen LogP contribution in [0.25, 0.3) is 0 Å². The molecular formula is C20H18CoN2O3. The SMILES string of the molecule is O.Oc1ccccc1C=[N][Co]1([N]=Cc2ccccc2O)[c]2cccc[c]21. The molecule has 3 aromatic carbocycles. The van der Waals surface area contributed by atoms with Crippen molar-refractivity contribution in [2.75, 3.05) is 0 Å². The van der Waals surface area contributed by atoms with E-state index in [1.807, 2.05) is 48.5 Å². The van der Waals surface area contributed by atoms with Crippen LogP contribution in [0.5, 0.6) is 11.5 Å². The van der Waals surface area contributed by atoms with Gasteiger partial charge in [0.15, 0.2) is 0 Å². The van der Waals surface area contributed by atoms with Gasteiger partial charge in [0.25, 0.3) is 0 Å². The molecule has 1 aliphatic rings. The van der Waals surface area contributed by atoms with Crippen molar-refractivity contribution in [2.45, 2.75) is 0 Å². The zero-order valence-corrected chi connectivity index (χ0v) is 14.7. The third kappa shape index (κ3) is 3.13. The van der Waals surface area contributed by atoms with E-state index < -0.39 is 13.0 Å². The van der Waals surface area contributed by atoms with Gasteiger partial charge in [-0.1, -0.05) is 0 Å². The fourth-order valence-electron chi connectivity index (χ4n) is 2.38. The van der Waals surface area contributed by atoms with Gasteiger partial charge in [-0.3, -0.25) is 0 Å². The molecule has 0 radical (unpaired) electrons. The molecule has 0 unspecified atom stereocenters. The Morgan fingerprint density at radius 3 is 1.42 bits per heavy atom. The summed E-state index contributed by atoms with van der Waals surface area (Å²) in [4.78, 5) is 0. The maximum atomic E-state index is 9.94. The van der Waals surface area contributed by atoms with Gasteiger partial charge < -0.3 is 5.48 Å². The number of hydrogen-bond acceptors (Lipinski definition) is 4. The molecule has 0 aliphatic carbocycles. The van der Waals surface area contributed by atoms with Gasteiger partial charge in [-0.05, 0) is 0 Å². The molecule has 4 N–H and O–H groups in total. The second-order valence-electron chi connectivity index (χ2n) is 5.36. The minimum atomic E-state index is -2.12. The van der Waals surface area contributed by atoms with E-state index in [1.165, 1.54) is 0 Å². The van der Waals surface area contributed by atoms with Crippen molar-refractivity contribution >= 4 is 21.4 Å². The van der Waals surface area contributed by atoms with Crippen LogP contribution in [-0.4, -0.2) is 28.1 Å². The zero-order chi connectivity index (χ0) is 17.3. The number of phenolic OH excluding ortho intramolecular Hbond substituents is 2. The predicted molar refractivity (Wildman–Crippen MR) is 101 cm³/mol. The molecule has 0 fully saturated rings. The summed E-state index contributed by atoms with van der Waals surface area (Å²) in [6, 6.07) is 22.2. The van der Waals surface area contributed by atoms with Crippen LogP contribution in [0.2, 0.25) is 0 Å². The van der Waals surface area contributed by atoms with Crippen molar-refractivity contribution in [1.82, 2.24) is 0 Å². The summed E-state index contributed by atoms with van der Waals surface area (Å²) in [6.07, 6.45) is 3.37. The van der Waals surface area contributed by atoms with Gasteiger partial charge in [-0.2, -0.15) is 0 Å². The summed E-state index contributed by atoms with van der Waals surface area (Å²) in [5, 5.41) is 19.9. The predicted octanol–water partition coefficient (Wildman–Crippen LogP) is 1.76. The summed E-state index contributed by atoms with van der Waals surface area (Å²) in [6.45, 7) is 0. The number of benzene rings is 3. The van der Waals surface area contributed by atoms with Crippen molar-refractivity contribution in [3.8, 4) is 11.5 Å². The van der Waals surface area contributed by atoms with Crippen LogP contribution in [0.15, 0.2) is 80.9 Å². The molecule has 6 heteroatoms. The van der Waals surface area contributed by atoms with E-state index in [2.05, 4.69) is 0 Å². The third-order valence-corrected chi connectivity index (χ3v) is 7.01. The first-order valence-corrected chi connectivity index (χ1v) is 9.63. The van der Waals surface area contributed by atoms with E-state index in [-0.39, 0.29) is 17.0 Å². The molecule has 1 aliphatic heterocycles. The third-order valence-electron chi connectivity index (χ3n) is 3.75. The molecule has 0 bridgehead atoms. The van der Waals surface area contributed by atoms with Crippen molar-refractivity contribution in [3.05, 3.63) is 83.9 Å². The zero-order valence-electron chi connectivity index (χ0n) is 13.7. The number of nitrogens with zero attached hydrogens (tertiary/aromatic N) is 2. The Labute approximate surface area is 153 Å². The summed E-state index contributed by atoms with van der Waals surface area (Å²) < 4.78 is 11.8. The van der Waals surface area contributed by atoms with Crippen molar-refractivity contribution in [2.24, 2.45) is 8.08 Å². The quantitative estimate of drug-likeness (QED) is 0.661. The normalized spacial score (nSPS) is 15.4. The average molecular weight is 393 g/mol. The van der Waals surface area contributed by atoms with Crippen molar-refractivity contribution in [3.63, 3.8) is 0 Å². The second-order valence-corrected chi connectivity index (χ2v) is 8.42. The molecule has 1 heterocycles. The maximum absolute atomic E-state index is 9.94. The Morgan fingerprint density at radius 2 is 1.00 bits per heavy atom. The minimum absolute atomic E-state index is 0. The summed E-state index contributed by atoms with van der Waals surface area (Å²) >= 11 is -2.12. The number of para-hydroxylation sites is 2. The van der Waals surface area contributed by atoms with Crippen LogP contribution in [0.4, 0.5) is 0 Å². The number of aromatic hydroxyl groups is 2. The Bertz CT molecular complexity index is 921. The molecule has 3 aromatic rings. The van der Waals surface area contributed by atoms with Crippen LogP contribution in [-0.2, 0) is 13.0 Å². The van der Waals surface area contributed by atoms with Crippen molar-refractivity contribution in [1.29, 1.82) is 0 Å². The fourth-order valence-corrected chi connectivity index (χ4v) is 5.47. The molecule has 0 spiro atoms. The van der Waals surface area contributed by atoms with Gasteiger partial charge in [0.2, 0.25) is 0 Å². The van der Waals surface area contributed by atoms with E-state index in [0.29, 0.717) is 11.1 Å². The fraction of sp³-hybridized carbons (Fsp3) is 0. The summed E-state index contributed by atoms with van der Waals surface area (Å²) in [7, 11) is 0. The first-order valence-electron chi connectivity index (χ1n) is 7.65. The Hall–Kier alpha value is -2.93. The average Bonchev–Trinajstić information content (AvgIpc) is 3.28. The Morgan fingerprint density at radius 1 is 0.615 bits per heavy atom. The molecule has 4 rings (SSSR count). The summed E-state index contributed by atoms with van der Waals surface area (Å²) in [5.74, 6) is 0.388.